The minimum atomic E-state index is -0.139. The van der Waals surface area contributed by atoms with Crippen LogP contribution in [0.15, 0.2) is 65.7 Å². The first kappa shape index (κ1) is 20.1. The van der Waals surface area contributed by atoms with Crippen molar-refractivity contribution in [3.63, 3.8) is 0 Å². The molecule has 0 aliphatic heterocycles. The molecule has 0 saturated heterocycles. The van der Waals surface area contributed by atoms with Crippen LogP contribution in [0.2, 0.25) is 0 Å². The fraction of sp³-hybridized carbons (Fsp3) is 0.158. The van der Waals surface area contributed by atoms with Crippen molar-refractivity contribution in [3.8, 4) is 5.69 Å². The number of rotatable bonds is 8. The molecule has 1 heterocycles. The number of carbonyl (C=O) groups excluding carboxylic acids is 2. The average Bonchev–Trinajstić information content (AvgIpc) is 3.21. The lowest BCUT2D eigenvalue weighted by Gasteiger charge is -2.07. The van der Waals surface area contributed by atoms with E-state index in [2.05, 4.69) is 36.6 Å². The van der Waals surface area contributed by atoms with E-state index in [-0.39, 0.29) is 23.3 Å². The molecule has 28 heavy (non-hydrogen) atoms. The summed E-state index contributed by atoms with van der Waals surface area (Å²) in [6.07, 6.45) is 3.10. The van der Waals surface area contributed by atoms with Gasteiger partial charge >= 0.3 is 0 Å². The molecule has 0 radical (unpaired) electrons. The lowest BCUT2D eigenvalue weighted by molar-refractivity contribution is -0.118. The first-order valence-corrected chi connectivity index (χ1v) is 10.4. The predicted octanol–water partition coefficient (Wildman–Crippen LogP) is 3.02. The summed E-state index contributed by atoms with van der Waals surface area (Å²) < 4.78 is 2.56. The zero-order chi connectivity index (χ0) is 19.8. The van der Waals surface area contributed by atoms with Crippen molar-refractivity contribution in [2.45, 2.75) is 6.54 Å². The first-order chi connectivity index (χ1) is 13.6. The summed E-state index contributed by atoms with van der Waals surface area (Å²) in [5.41, 5.74) is 2.60. The van der Waals surface area contributed by atoms with Crippen molar-refractivity contribution < 1.29 is 9.59 Å². The van der Waals surface area contributed by atoms with Crippen molar-refractivity contribution in [1.29, 1.82) is 0 Å². The number of anilines is 1. The third kappa shape index (κ3) is 6.21. The highest BCUT2D eigenvalue weighted by molar-refractivity contribution is 9.10. The molecule has 2 amide bonds. The zero-order valence-corrected chi connectivity index (χ0v) is 17.2. The van der Waals surface area contributed by atoms with Gasteiger partial charge in [0.1, 0.15) is 12.7 Å². The van der Waals surface area contributed by atoms with Crippen molar-refractivity contribution in [2.24, 2.45) is 0 Å². The van der Waals surface area contributed by atoms with E-state index in [1.54, 1.807) is 11.0 Å². The van der Waals surface area contributed by atoms with Gasteiger partial charge in [-0.25, -0.2) is 9.67 Å². The molecule has 0 atom stereocenters. The maximum atomic E-state index is 12.0. The number of halogens is 1. The molecule has 2 N–H and O–H groups in total. The molecule has 0 saturated carbocycles. The summed E-state index contributed by atoms with van der Waals surface area (Å²) in [6.45, 7) is 0.432. The van der Waals surface area contributed by atoms with E-state index in [0.717, 1.165) is 21.4 Å². The fourth-order valence-electron chi connectivity index (χ4n) is 2.36. The fourth-order valence-corrected chi connectivity index (χ4v) is 3.41. The van der Waals surface area contributed by atoms with Crippen LogP contribution >= 0.6 is 27.7 Å². The van der Waals surface area contributed by atoms with Gasteiger partial charge in [-0.1, -0.05) is 34.1 Å². The summed E-state index contributed by atoms with van der Waals surface area (Å²) in [6, 6.07) is 15.0. The van der Waals surface area contributed by atoms with Crippen LogP contribution in [0.1, 0.15) is 5.56 Å². The molecule has 0 unspecified atom stereocenters. The quantitative estimate of drug-likeness (QED) is 0.540. The topological polar surface area (TPSA) is 88.9 Å². The summed E-state index contributed by atoms with van der Waals surface area (Å²) in [5, 5.41) is 9.72. The largest absolute Gasteiger partial charge is 0.351 e. The van der Waals surface area contributed by atoms with Gasteiger partial charge in [0.2, 0.25) is 11.8 Å². The van der Waals surface area contributed by atoms with E-state index < -0.39 is 0 Å². The molecule has 0 spiro atoms. The monoisotopic (exact) mass is 459 g/mol. The number of nitrogens with one attached hydrogen (secondary N) is 2. The molecule has 7 nitrogen and oxygen atoms in total. The Morgan fingerprint density at radius 2 is 1.86 bits per heavy atom. The van der Waals surface area contributed by atoms with Gasteiger partial charge in [-0.05, 0) is 35.9 Å². The second kappa shape index (κ2) is 10.0. The second-order valence-electron chi connectivity index (χ2n) is 5.83. The summed E-state index contributed by atoms with van der Waals surface area (Å²) in [7, 11) is 0. The molecule has 1 aromatic heterocycles. The predicted molar refractivity (Wildman–Crippen MR) is 113 cm³/mol. The average molecular weight is 460 g/mol. The molecule has 3 aromatic rings. The van der Waals surface area contributed by atoms with Gasteiger partial charge in [0.15, 0.2) is 0 Å². The molecule has 3 rings (SSSR count). The summed E-state index contributed by atoms with van der Waals surface area (Å²) in [5.74, 6) is 0.190. The van der Waals surface area contributed by atoms with Crippen LogP contribution in [0.25, 0.3) is 5.69 Å². The molecule has 2 aromatic carbocycles. The SMILES string of the molecule is O=C(CSCC(=O)Nc1cccc(Br)c1)NCc1ccc(-n2cncn2)cc1. The van der Waals surface area contributed by atoms with Crippen LogP contribution in [0.3, 0.4) is 0 Å². The Morgan fingerprint density at radius 1 is 1.07 bits per heavy atom. The van der Waals surface area contributed by atoms with Crippen LogP contribution < -0.4 is 10.6 Å². The molecular formula is C19H18BrN5O2S. The summed E-state index contributed by atoms with van der Waals surface area (Å²) >= 11 is 4.63. The Balaban J connectivity index is 1.36. The highest BCUT2D eigenvalue weighted by atomic mass is 79.9. The van der Waals surface area contributed by atoms with Crippen LogP contribution in [-0.2, 0) is 16.1 Å². The Hall–Kier alpha value is -2.65. The van der Waals surface area contributed by atoms with Gasteiger partial charge in [-0.2, -0.15) is 5.10 Å². The number of thioether (sulfide) groups is 1. The smallest absolute Gasteiger partial charge is 0.234 e. The highest BCUT2D eigenvalue weighted by Gasteiger charge is 2.07. The van der Waals surface area contributed by atoms with Crippen LogP contribution in [0.5, 0.6) is 0 Å². The number of hydrogen-bond acceptors (Lipinski definition) is 5. The standard InChI is InChI=1S/C19H18BrN5O2S/c20-15-2-1-3-16(8-15)24-19(27)11-28-10-18(26)22-9-14-4-6-17(7-5-14)25-13-21-12-23-25/h1-8,12-13H,9-11H2,(H,22,26)(H,24,27). The minimum absolute atomic E-state index is 0.111. The van der Waals surface area contributed by atoms with Gasteiger partial charge in [0.05, 0.1) is 17.2 Å². The Bertz CT molecular complexity index is 932. The maximum Gasteiger partial charge on any atom is 0.234 e. The Morgan fingerprint density at radius 3 is 2.57 bits per heavy atom. The number of aromatic nitrogens is 3. The third-order valence-corrected chi connectivity index (χ3v) is 5.11. The number of amides is 2. The molecule has 144 valence electrons. The molecule has 0 aliphatic rings. The number of nitrogens with zero attached hydrogens (tertiary/aromatic N) is 3. The second-order valence-corrected chi connectivity index (χ2v) is 7.74. The van der Waals surface area contributed by atoms with Gasteiger partial charge in [-0.3, -0.25) is 9.59 Å². The van der Waals surface area contributed by atoms with Crippen molar-refractivity contribution in [1.82, 2.24) is 20.1 Å². The normalized spacial score (nSPS) is 10.5. The number of benzene rings is 2. The van der Waals surface area contributed by atoms with E-state index in [1.807, 2.05) is 48.5 Å². The van der Waals surface area contributed by atoms with Crippen LogP contribution in [0, 0.1) is 0 Å². The van der Waals surface area contributed by atoms with Gasteiger partial charge in [0, 0.05) is 16.7 Å². The Labute approximate surface area is 175 Å². The van der Waals surface area contributed by atoms with Crippen molar-refractivity contribution in [2.75, 3.05) is 16.8 Å². The maximum absolute atomic E-state index is 12.0. The van der Waals surface area contributed by atoms with E-state index in [0.29, 0.717) is 6.54 Å². The molecular weight excluding hydrogens is 442 g/mol. The van der Waals surface area contributed by atoms with E-state index in [9.17, 15) is 9.59 Å². The van der Waals surface area contributed by atoms with E-state index in [4.69, 9.17) is 0 Å². The Kier molecular flexibility index (Phi) is 7.21. The van der Waals surface area contributed by atoms with Gasteiger partial charge in [-0.15, -0.1) is 11.8 Å². The lowest BCUT2D eigenvalue weighted by Crippen LogP contribution is -2.25. The minimum Gasteiger partial charge on any atom is -0.351 e. The van der Waals surface area contributed by atoms with Gasteiger partial charge < -0.3 is 10.6 Å². The van der Waals surface area contributed by atoms with Crippen molar-refractivity contribution >= 4 is 45.2 Å². The van der Waals surface area contributed by atoms with Crippen LogP contribution in [-0.4, -0.2) is 38.1 Å². The number of carbonyl (C=O) groups is 2. The van der Waals surface area contributed by atoms with Crippen LogP contribution in [0.4, 0.5) is 5.69 Å². The number of hydrogen-bond donors (Lipinski definition) is 2. The molecule has 9 heteroatoms. The van der Waals surface area contributed by atoms with Crippen molar-refractivity contribution in [3.05, 3.63) is 71.2 Å². The zero-order valence-electron chi connectivity index (χ0n) is 14.8. The van der Waals surface area contributed by atoms with Gasteiger partial charge in [0.25, 0.3) is 0 Å². The molecule has 0 aliphatic carbocycles. The molecule has 0 fully saturated rings. The molecule has 0 bridgehead atoms. The highest BCUT2D eigenvalue weighted by Crippen LogP contribution is 2.16. The lowest BCUT2D eigenvalue weighted by atomic mass is 10.2. The first-order valence-electron chi connectivity index (χ1n) is 8.44. The van der Waals surface area contributed by atoms with E-state index >= 15 is 0 Å². The third-order valence-electron chi connectivity index (χ3n) is 3.68. The van der Waals surface area contributed by atoms with E-state index in [1.165, 1.54) is 18.1 Å². The summed E-state index contributed by atoms with van der Waals surface area (Å²) in [4.78, 5) is 27.8.